The van der Waals surface area contributed by atoms with Gasteiger partial charge in [0.2, 0.25) is 35.4 Å². The zero-order valence-electron chi connectivity index (χ0n) is 37.8. The van der Waals surface area contributed by atoms with Crippen LogP contribution in [-0.2, 0) is 35.2 Å². The maximum absolute atomic E-state index is 14.4. The molecule has 3 aromatic carbocycles. The highest BCUT2D eigenvalue weighted by Gasteiger charge is 2.43. The third-order valence-electron chi connectivity index (χ3n) is 12.6. The summed E-state index contributed by atoms with van der Waals surface area (Å²) in [6.07, 6.45) is 2.53. The van der Waals surface area contributed by atoms with Crippen molar-refractivity contribution in [3.8, 4) is 22.6 Å². The Kier molecular flexibility index (Phi) is 17.7. The Morgan fingerprint density at radius 1 is 0.746 bits per heavy atom. The van der Waals surface area contributed by atoms with Crippen LogP contribution in [-0.4, -0.2) is 144 Å². The Balaban J connectivity index is 1.27. The average molecular weight is 926 g/mol. The summed E-state index contributed by atoms with van der Waals surface area (Å²) in [6.45, 7) is -0.271. The van der Waals surface area contributed by atoms with Crippen LogP contribution < -0.4 is 42.8 Å². The van der Waals surface area contributed by atoms with Gasteiger partial charge in [0.15, 0.2) is 0 Å². The van der Waals surface area contributed by atoms with Gasteiger partial charge >= 0.3 is 0 Å². The summed E-state index contributed by atoms with van der Waals surface area (Å²) in [5.41, 5.74) is 14.9. The third-order valence-corrected chi connectivity index (χ3v) is 12.6. The van der Waals surface area contributed by atoms with E-state index >= 15 is 0 Å². The normalized spacial score (nSPS) is 24.6. The molecule has 3 aliphatic heterocycles. The number of phenolic OH excluding ortho intramolecular Hbond substituents is 1. The molecule has 3 saturated heterocycles. The van der Waals surface area contributed by atoms with Gasteiger partial charge in [-0.25, -0.2) is 0 Å². The Morgan fingerprint density at radius 3 is 2.07 bits per heavy atom. The zero-order chi connectivity index (χ0) is 48.0. The molecular weight excluding hydrogens is 863 g/mol. The molecule has 67 heavy (non-hydrogen) atoms. The van der Waals surface area contributed by atoms with E-state index in [0.717, 1.165) is 16.7 Å². The second kappa shape index (κ2) is 23.7. The first kappa shape index (κ1) is 49.9. The number of hydrogen-bond donors (Lipinski definition) is 9. The first-order valence-electron chi connectivity index (χ1n) is 23.0. The van der Waals surface area contributed by atoms with Gasteiger partial charge in [-0.1, -0.05) is 36.4 Å². The molecule has 0 spiro atoms. The molecule has 0 saturated carbocycles. The number of rotatable bonds is 12. The lowest BCUT2D eigenvalue weighted by atomic mass is 10.0. The number of aliphatic hydroxyl groups is 1. The highest BCUT2D eigenvalue weighted by molar-refractivity contribution is 6.00. The number of hydrogen-bond acceptors (Lipinski definition) is 12. The van der Waals surface area contributed by atoms with Gasteiger partial charge in [-0.05, 0) is 124 Å². The smallest absolute Gasteiger partial charge is 0.251 e. The van der Waals surface area contributed by atoms with Crippen LogP contribution in [0.25, 0.3) is 11.1 Å². The lowest BCUT2D eigenvalue weighted by Gasteiger charge is -2.31. The number of aryl methyl sites for hydroxylation is 1. The number of nitrogens with zero attached hydrogens (tertiary/aromatic N) is 2. The molecule has 0 aromatic heterocycles. The summed E-state index contributed by atoms with van der Waals surface area (Å²) in [5, 5.41) is 34.2. The van der Waals surface area contributed by atoms with E-state index in [2.05, 4.69) is 26.6 Å². The lowest BCUT2D eigenvalue weighted by molar-refractivity contribution is -0.143. The molecule has 0 bridgehead atoms. The van der Waals surface area contributed by atoms with Crippen LogP contribution in [0.5, 0.6) is 11.5 Å². The van der Waals surface area contributed by atoms with E-state index in [0.29, 0.717) is 31.6 Å². The largest absolute Gasteiger partial charge is 0.508 e. The fourth-order valence-corrected chi connectivity index (χ4v) is 8.80. The van der Waals surface area contributed by atoms with Crippen molar-refractivity contribution in [1.29, 1.82) is 0 Å². The number of aromatic hydroxyl groups is 1. The molecule has 3 aromatic rings. The Bertz CT molecular complexity index is 2210. The maximum Gasteiger partial charge on any atom is 0.251 e. The summed E-state index contributed by atoms with van der Waals surface area (Å²) in [6, 6.07) is 12.9. The van der Waals surface area contributed by atoms with E-state index in [1.807, 2.05) is 24.3 Å². The number of carbonyl (C=O) groups is 7. The van der Waals surface area contributed by atoms with Crippen molar-refractivity contribution in [3.63, 3.8) is 0 Å². The number of ether oxygens (including phenoxy) is 1. The molecule has 0 radical (unpaired) electrons. The first-order valence-corrected chi connectivity index (χ1v) is 23.0. The predicted octanol–water partition coefficient (Wildman–Crippen LogP) is 0.204. The van der Waals surface area contributed by atoms with Gasteiger partial charge in [0.25, 0.3) is 5.91 Å². The van der Waals surface area contributed by atoms with Crippen molar-refractivity contribution in [2.45, 2.75) is 107 Å². The van der Waals surface area contributed by atoms with Crippen LogP contribution in [0.2, 0.25) is 0 Å². The SMILES string of the molecule is COc1ccc(-c2ccc(C(=O)N[C@H]3CCCNC(=O)[C@@H]4CC(N)CN4C(=O)[C@H](CCCCN)NC(=O)[C@H](CCc4ccc(O)cc4)NC(=O)[C@@H]4CCCN4C(=O)[C@H](CO)NC3=O)cc2)cc1. The van der Waals surface area contributed by atoms with Gasteiger partial charge < -0.3 is 62.8 Å². The van der Waals surface area contributed by atoms with Crippen LogP contribution in [0, 0.1) is 0 Å². The molecule has 360 valence electrons. The lowest BCUT2D eigenvalue weighted by Crippen LogP contribution is -2.59. The maximum atomic E-state index is 14.4. The van der Waals surface area contributed by atoms with Crippen molar-refractivity contribution >= 4 is 41.4 Å². The van der Waals surface area contributed by atoms with E-state index in [4.69, 9.17) is 16.2 Å². The summed E-state index contributed by atoms with van der Waals surface area (Å²) < 4.78 is 5.25. The molecule has 0 aliphatic carbocycles. The van der Waals surface area contributed by atoms with Gasteiger partial charge in [-0.2, -0.15) is 0 Å². The van der Waals surface area contributed by atoms with Crippen LogP contribution in [0.15, 0.2) is 72.8 Å². The fourth-order valence-electron chi connectivity index (χ4n) is 8.80. The van der Waals surface area contributed by atoms with Gasteiger partial charge in [0, 0.05) is 31.2 Å². The van der Waals surface area contributed by atoms with Crippen LogP contribution in [0.1, 0.15) is 73.7 Å². The minimum Gasteiger partial charge on any atom is -0.508 e. The van der Waals surface area contributed by atoms with Crippen molar-refractivity contribution in [2.24, 2.45) is 11.5 Å². The molecule has 7 atom stereocenters. The predicted molar refractivity (Wildman–Crippen MR) is 247 cm³/mol. The number of benzene rings is 3. The van der Waals surface area contributed by atoms with Gasteiger partial charge in [0.1, 0.15) is 47.8 Å². The van der Waals surface area contributed by atoms with Crippen LogP contribution in [0.4, 0.5) is 0 Å². The van der Waals surface area contributed by atoms with E-state index in [1.54, 1.807) is 43.5 Å². The Hall–Kier alpha value is -6.57. The van der Waals surface area contributed by atoms with Crippen molar-refractivity contribution in [2.75, 3.05) is 39.9 Å². The second-order valence-electron chi connectivity index (χ2n) is 17.3. The van der Waals surface area contributed by atoms with Gasteiger partial charge in [0.05, 0.1) is 13.7 Å². The number of nitrogens with two attached hydrogens (primary N) is 2. The molecular formula is C48H63N9O10. The number of aliphatic hydroxyl groups excluding tert-OH is 1. The molecule has 6 rings (SSSR count). The van der Waals surface area contributed by atoms with Crippen molar-refractivity contribution in [1.82, 2.24) is 36.4 Å². The minimum absolute atomic E-state index is 0.00350. The van der Waals surface area contributed by atoms with Gasteiger partial charge in [-0.15, -0.1) is 0 Å². The standard InChI is InChI=1S/C48H63N9O10/c1-67-35-20-16-31(17-21-35)30-12-14-32(15-13-30)42(60)52-36-7-4-24-51-45(63)41-26-33(50)27-57(41)47(65)38(6-2-3-23-49)54-44(62)37(22-11-29-9-18-34(59)19-10-29)53-46(64)40-8-5-25-56(40)48(66)39(28-58)55-43(36)61/h9-10,12-21,33,36-41,58-59H,2-8,11,22-28,49-50H2,1H3,(H,51,63)(H,52,60)(H,53,64)(H,54,62)(H,55,61)/t33?,36-,37-,38-,39-,40-,41-/m0/s1. The number of carbonyl (C=O) groups excluding carboxylic acids is 7. The van der Waals surface area contributed by atoms with Gasteiger partial charge in [-0.3, -0.25) is 33.6 Å². The first-order chi connectivity index (χ1) is 32.3. The molecule has 3 fully saturated rings. The minimum atomic E-state index is -1.50. The van der Waals surface area contributed by atoms with E-state index in [9.17, 15) is 43.8 Å². The highest BCUT2D eigenvalue weighted by Crippen LogP contribution is 2.25. The number of nitrogens with one attached hydrogen (secondary N) is 5. The third kappa shape index (κ3) is 13.1. The van der Waals surface area contributed by atoms with Crippen LogP contribution >= 0.6 is 0 Å². The Morgan fingerprint density at radius 2 is 1.40 bits per heavy atom. The van der Waals surface area contributed by atoms with Crippen LogP contribution in [0.3, 0.4) is 0 Å². The topological polar surface area (TPSA) is 288 Å². The molecule has 19 heteroatoms. The number of fused-ring (bicyclic) bond motifs is 2. The molecule has 3 heterocycles. The quantitative estimate of drug-likeness (QED) is 0.110. The molecule has 7 amide bonds. The number of phenols is 1. The monoisotopic (exact) mass is 925 g/mol. The van der Waals surface area contributed by atoms with Crippen molar-refractivity contribution in [3.05, 3.63) is 83.9 Å². The Labute approximate surface area is 389 Å². The summed E-state index contributed by atoms with van der Waals surface area (Å²) in [4.78, 5) is 101. The summed E-state index contributed by atoms with van der Waals surface area (Å²) in [5.74, 6) is -3.68. The fraction of sp³-hybridized carbons (Fsp3) is 0.479. The molecule has 11 N–H and O–H groups in total. The number of unbranched alkanes of at least 4 members (excludes halogenated alkanes) is 1. The van der Waals surface area contributed by atoms with E-state index in [-0.39, 0.29) is 75.9 Å². The van der Waals surface area contributed by atoms with Crippen molar-refractivity contribution < 1.29 is 48.5 Å². The summed E-state index contributed by atoms with van der Waals surface area (Å²) in [7, 11) is 1.58. The molecule has 19 nitrogen and oxygen atoms in total. The highest BCUT2D eigenvalue weighted by atomic mass is 16.5. The number of amides is 7. The van der Waals surface area contributed by atoms with E-state index in [1.165, 1.54) is 21.9 Å². The molecule has 1 unspecified atom stereocenters. The second-order valence-corrected chi connectivity index (χ2v) is 17.3. The number of methoxy groups -OCH3 is 1. The summed E-state index contributed by atoms with van der Waals surface area (Å²) >= 11 is 0. The molecule has 3 aliphatic rings. The average Bonchev–Trinajstić information content (AvgIpc) is 4.00. The zero-order valence-corrected chi connectivity index (χ0v) is 37.8. The van der Waals surface area contributed by atoms with E-state index < -0.39 is 90.3 Å².